The van der Waals surface area contributed by atoms with Crippen molar-refractivity contribution in [3.8, 4) is 0 Å². The van der Waals surface area contributed by atoms with Gasteiger partial charge in [-0.25, -0.2) is 0 Å². The molecular weight excluding hydrogens is 160 g/mol. The van der Waals surface area contributed by atoms with Crippen LogP contribution in [0.15, 0.2) is 12.2 Å². The molecule has 1 saturated heterocycles. The van der Waals surface area contributed by atoms with Gasteiger partial charge in [0.05, 0.1) is 0 Å². The van der Waals surface area contributed by atoms with E-state index in [0.717, 1.165) is 6.42 Å². The lowest BCUT2D eigenvalue weighted by molar-refractivity contribution is 0.279. The summed E-state index contributed by atoms with van der Waals surface area (Å²) in [6, 6.07) is 0. The SMILES string of the molecule is C=C(C)CCN1CCCN(C)CC1. The largest absolute Gasteiger partial charge is 0.305 e. The maximum Gasteiger partial charge on any atom is 0.0109 e. The topological polar surface area (TPSA) is 6.48 Å². The molecule has 1 aliphatic heterocycles. The minimum atomic E-state index is 1.16. The van der Waals surface area contributed by atoms with Crippen molar-refractivity contribution in [2.75, 3.05) is 39.8 Å². The van der Waals surface area contributed by atoms with Crippen LogP contribution in [0.25, 0.3) is 0 Å². The first kappa shape index (κ1) is 10.7. The van der Waals surface area contributed by atoms with Crippen LogP contribution in [0.1, 0.15) is 19.8 Å². The van der Waals surface area contributed by atoms with Crippen molar-refractivity contribution in [3.63, 3.8) is 0 Å². The van der Waals surface area contributed by atoms with Crippen LogP contribution in [-0.2, 0) is 0 Å². The summed E-state index contributed by atoms with van der Waals surface area (Å²) < 4.78 is 0. The maximum absolute atomic E-state index is 3.94. The fraction of sp³-hybridized carbons (Fsp3) is 0.818. The molecule has 13 heavy (non-hydrogen) atoms. The van der Waals surface area contributed by atoms with E-state index in [9.17, 15) is 0 Å². The van der Waals surface area contributed by atoms with Crippen molar-refractivity contribution in [3.05, 3.63) is 12.2 Å². The van der Waals surface area contributed by atoms with Crippen LogP contribution < -0.4 is 0 Å². The second kappa shape index (κ2) is 5.40. The van der Waals surface area contributed by atoms with Gasteiger partial charge in [-0.2, -0.15) is 0 Å². The first-order valence-electron chi connectivity index (χ1n) is 5.24. The molecular formula is C11H22N2. The molecule has 0 N–H and O–H groups in total. The monoisotopic (exact) mass is 182 g/mol. The normalized spacial score (nSPS) is 21.4. The van der Waals surface area contributed by atoms with E-state index in [1.54, 1.807) is 0 Å². The molecule has 0 amide bonds. The van der Waals surface area contributed by atoms with E-state index in [1.807, 2.05) is 0 Å². The van der Waals surface area contributed by atoms with Gasteiger partial charge < -0.3 is 9.80 Å². The smallest absolute Gasteiger partial charge is 0.0109 e. The summed E-state index contributed by atoms with van der Waals surface area (Å²) in [6.45, 7) is 12.2. The van der Waals surface area contributed by atoms with E-state index < -0.39 is 0 Å². The standard InChI is InChI=1S/C11H22N2/c1-11(2)5-8-13-7-4-6-12(3)9-10-13/h1,4-10H2,2-3H3. The third-order valence-corrected chi connectivity index (χ3v) is 2.67. The zero-order valence-electron chi connectivity index (χ0n) is 9.05. The molecule has 2 heteroatoms. The van der Waals surface area contributed by atoms with Crippen LogP contribution in [0.5, 0.6) is 0 Å². The van der Waals surface area contributed by atoms with Gasteiger partial charge in [-0.05, 0) is 39.9 Å². The second-order valence-electron chi connectivity index (χ2n) is 4.21. The number of likely N-dealkylation sites (N-methyl/N-ethyl adjacent to an activating group) is 1. The number of hydrogen-bond donors (Lipinski definition) is 0. The van der Waals surface area contributed by atoms with Crippen molar-refractivity contribution in [1.82, 2.24) is 9.80 Å². The number of nitrogens with zero attached hydrogens (tertiary/aromatic N) is 2. The van der Waals surface area contributed by atoms with Gasteiger partial charge in [-0.3, -0.25) is 0 Å². The molecule has 1 heterocycles. The molecule has 2 nitrogen and oxygen atoms in total. The Morgan fingerprint density at radius 3 is 2.69 bits per heavy atom. The molecule has 0 saturated carbocycles. The Morgan fingerprint density at radius 1 is 1.23 bits per heavy atom. The molecule has 0 unspecified atom stereocenters. The Labute approximate surface area is 82.2 Å². The summed E-state index contributed by atoms with van der Waals surface area (Å²) in [6.07, 6.45) is 2.47. The molecule has 0 atom stereocenters. The van der Waals surface area contributed by atoms with Crippen LogP contribution in [-0.4, -0.2) is 49.6 Å². The average molecular weight is 182 g/mol. The predicted molar refractivity (Wildman–Crippen MR) is 58.0 cm³/mol. The van der Waals surface area contributed by atoms with E-state index in [0.29, 0.717) is 0 Å². The number of hydrogen-bond acceptors (Lipinski definition) is 2. The van der Waals surface area contributed by atoms with Gasteiger partial charge in [0.2, 0.25) is 0 Å². The minimum absolute atomic E-state index is 1.16. The van der Waals surface area contributed by atoms with Gasteiger partial charge in [-0.15, -0.1) is 6.58 Å². The summed E-state index contributed by atoms with van der Waals surface area (Å²) in [5, 5.41) is 0. The van der Waals surface area contributed by atoms with E-state index in [4.69, 9.17) is 0 Å². The molecule has 1 fully saturated rings. The quantitative estimate of drug-likeness (QED) is 0.612. The van der Waals surface area contributed by atoms with Crippen LogP contribution in [0.4, 0.5) is 0 Å². The first-order chi connectivity index (χ1) is 6.18. The lowest BCUT2D eigenvalue weighted by atomic mass is 10.2. The molecule has 0 spiro atoms. The van der Waals surface area contributed by atoms with Gasteiger partial charge in [0.25, 0.3) is 0 Å². The van der Waals surface area contributed by atoms with Crippen molar-refractivity contribution in [2.24, 2.45) is 0 Å². The van der Waals surface area contributed by atoms with Crippen molar-refractivity contribution in [1.29, 1.82) is 0 Å². The highest BCUT2D eigenvalue weighted by Gasteiger charge is 2.10. The average Bonchev–Trinajstić information content (AvgIpc) is 2.27. The molecule has 0 aliphatic carbocycles. The Hall–Kier alpha value is -0.340. The maximum atomic E-state index is 3.94. The Morgan fingerprint density at radius 2 is 2.00 bits per heavy atom. The van der Waals surface area contributed by atoms with E-state index in [2.05, 4.69) is 30.4 Å². The van der Waals surface area contributed by atoms with Crippen molar-refractivity contribution >= 4 is 0 Å². The molecule has 1 rings (SSSR count). The van der Waals surface area contributed by atoms with Crippen LogP contribution >= 0.6 is 0 Å². The summed E-state index contributed by atoms with van der Waals surface area (Å²) in [4.78, 5) is 4.97. The molecule has 0 aromatic carbocycles. The van der Waals surface area contributed by atoms with Crippen molar-refractivity contribution < 1.29 is 0 Å². The molecule has 0 radical (unpaired) electrons. The van der Waals surface area contributed by atoms with Crippen LogP contribution in [0, 0.1) is 0 Å². The van der Waals surface area contributed by atoms with Crippen LogP contribution in [0.2, 0.25) is 0 Å². The first-order valence-corrected chi connectivity index (χ1v) is 5.24. The molecule has 0 aromatic rings. The molecule has 0 bridgehead atoms. The third-order valence-electron chi connectivity index (χ3n) is 2.67. The van der Waals surface area contributed by atoms with Crippen LogP contribution in [0.3, 0.4) is 0 Å². The van der Waals surface area contributed by atoms with E-state index in [1.165, 1.54) is 44.7 Å². The fourth-order valence-corrected chi connectivity index (χ4v) is 1.67. The summed E-state index contributed by atoms with van der Waals surface area (Å²) in [7, 11) is 2.21. The Bertz CT molecular complexity index is 165. The van der Waals surface area contributed by atoms with Gasteiger partial charge in [0.15, 0.2) is 0 Å². The Kier molecular flexibility index (Phi) is 4.46. The van der Waals surface area contributed by atoms with Gasteiger partial charge in [0.1, 0.15) is 0 Å². The summed E-state index contributed by atoms with van der Waals surface area (Å²) in [5.74, 6) is 0. The van der Waals surface area contributed by atoms with E-state index >= 15 is 0 Å². The Balaban J connectivity index is 2.22. The third kappa shape index (κ3) is 4.44. The second-order valence-corrected chi connectivity index (χ2v) is 4.21. The highest BCUT2D eigenvalue weighted by Crippen LogP contribution is 2.04. The summed E-state index contributed by atoms with van der Waals surface area (Å²) in [5.41, 5.74) is 1.30. The predicted octanol–water partition coefficient (Wildman–Crippen LogP) is 1.59. The van der Waals surface area contributed by atoms with Crippen molar-refractivity contribution in [2.45, 2.75) is 19.8 Å². The number of rotatable bonds is 3. The zero-order chi connectivity index (χ0) is 9.68. The highest BCUT2D eigenvalue weighted by atomic mass is 15.2. The van der Waals surface area contributed by atoms with Gasteiger partial charge in [-0.1, -0.05) is 5.57 Å². The summed E-state index contributed by atoms with van der Waals surface area (Å²) >= 11 is 0. The zero-order valence-corrected chi connectivity index (χ0v) is 9.05. The molecule has 1 aliphatic rings. The van der Waals surface area contributed by atoms with Gasteiger partial charge >= 0.3 is 0 Å². The lowest BCUT2D eigenvalue weighted by Crippen LogP contribution is -2.29. The molecule has 76 valence electrons. The highest BCUT2D eigenvalue weighted by molar-refractivity contribution is 4.88. The molecule has 0 aromatic heterocycles. The van der Waals surface area contributed by atoms with Gasteiger partial charge in [0, 0.05) is 19.6 Å². The van der Waals surface area contributed by atoms with E-state index in [-0.39, 0.29) is 0 Å². The fourth-order valence-electron chi connectivity index (χ4n) is 1.67. The lowest BCUT2D eigenvalue weighted by Gasteiger charge is -2.19. The minimum Gasteiger partial charge on any atom is -0.305 e.